The summed E-state index contributed by atoms with van der Waals surface area (Å²) in [6, 6.07) is 8.87. The lowest BCUT2D eigenvalue weighted by molar-refractivity contribution is 0.0907. The molecule has 23 heavy (non-hydrogen) atoms. The first kappa shape index (κ1) is 15.5. The molecule has 1 heterocycles. The standard InChI is InChI=1S/C19H21NO3/c1-12-9-17(21)11-18(23-12)19(22)20-13(2)15-8-7-14-5-3-4-6-16(14)10-15/h7-11,13H,3-6H2,1-2H3,(H,20,22)/t13-/m0/s1. The zero-order chi connectivity index (χ0) is 16.4. The van der Waals surface area contributed by atoms with E-state index in [1.165, 1.54) is 36.1 Å². The van der Waals surface area contributed by atoms with E-state index in [0.717, 1.165) is 18.4 Å². The summed E-state index contributed by atoms with van der Waals surface area (Å²) in [4.78, 5) is 23.8. The van der Waals surface area contributed by atoms with Crippen LogP contribution >= 0.6 is 0 Å². The summed E-state index contributed by atoms with van der Waals surface area (Å²) in [5, 5.41) is 2.90. The van der Waals surface area contributed by atoms with Crippen LogP contribution in [0.3, 0.4) is 0 Å². The van der Waals surface area contributed by atoms with Crippen LogP contribution in [-0.2, 0) is 12.8 Å². The highest BCUT2D eigenvalue weighted by Crippen LogP contribution is 2.24. The number of nitrogens with one attached hydrogen (secondary N) is 1. The highest BCUT2D eigenvalue weighted by atomic mass is 16.3. The fourth-order valence-electron chi connectivity index (χ4n) is 3.09. The number of rotatable bonds is 3. The molecule has 0 bridgehead atoms. The van der Waals surface area contributed by atoms with Gasteiger partial charge in [0.05, 0.1) is 6.04 Å². The van der Waals surface area contributed by atoms with E-state index in [1.54, 1.807) is 6.92 Å². The van der Waals surface area contributed by atoms with Crippen molar-refractivity contribution < 1.29 is 9.21 Å². The predicted molar refractivity (Wildman–Crippen MR) is 88.7 cm³/mol. The second-order valence-corrected chi connectivity index (χ2v) is 6.20. The Morgan fingerprint density at radius 1 is 1.13 bits per heavy atom. The molecule has 0 unspecified atom stereocenters. The molecule has 0 fully saturated rings. The van der Waals surface area contributed by atoms with Crippen LogP contribution in [0.1, 0.15) is 58.8 Å². The smallest absolute Gasteiger partial charge is 0.287 e. The molecule has 3 rings (SSSR count). The molecular formula is C19H21NO3. The highest BCUT2D eigenvalue weighted by molar-refractivity contribution is 5.91. The number of carbonyl (C=O) groups excluding carboxylic acids is 1. The SMILES string of the molecule is Cc1cc(=O)cc(C(=O)N[C@@H](C)c2ccc3c(c2)CCCC3)o1. The average molecular weight is 311 g/mol. The molecule has 0 radical (unpaired) electrons. The van der Waals surface area contributed by atoms with Gasteiger partial charge in [-0.05, 0) is 56.2 Å². The van der Waals surface area contributed by atoms with E-state index < -0.39 is 0 Å². The first-order chi connectivity index (χ1) is 11.0. The average Bonchev–Trinajstić information content (AvgIpc) is 2.53. The molecular weight excluding hydrogens is 290 g/mol. The van der Waals surface area contributed by atoms with E-state index in [4.69, 9.17) is 4.42 Å². The normalized spacial score (nSPS) is 14.9. The van der Waals surface area contributed by atoms with Crippen molar-refractivity contribution in [2.75, 3.05) is 0 Å². The summed E-state index contributed by atoms with van der Waals surface area (Å²) in [6.45, 7) is 3.60. The van der Waals surface area contributed by atoms with Gasteiger partial charge in [-0.1, -0.05) is 18.2 Å². The van der Waals surface area contributed by atoms with Gasteiger partial charge in [0.1, 0.15) is 5.76 Å². The molecule has 1 aromatic carbocycles. The lowest BCUT2D eigenvalue weighted by atomic mass is 9.89. The van der Waals surface area contributed by atoms with Crippen LogP contribution in [0.5, 0.6) is 0 Å². The highest BCUT2D eigenvalue weighted by Gasteiger charge is 2.16. The van der Waals surface area contributed by atoms with Crippen molar-refractivity contribution in [1.82, 2.24) is 5.32 Å². The molecule has 1 N–H and O–H groups in total. The van der Waals surface area contributed by atoms with Gasteiger partial charge in [-0.2, -0.15) is 0 Å². The molecule has 1 atom stereocenters. The molecule has 1 amide bonds. The maximum absolute atomic E-state index is 12.3. The molecule has 0 spiro atoms. The Morgan fingerprint density at radius 2 is 1.87 bits per heavy atom. The molecule has 0 saturated carbocycles. The zero-order valence-corrected chi connectivity index (χ0v) is 13.5. The summed E-state index contributed by atoms with van der Waals surface area (Å²) in [7, 11) is 0. The third-order valence-corrected chi connectivity index (χ3v) is 4.33. The van der Waals surface area contributed by atoms with Crippen molar-refractivity contribution in [3.8, 4) is 0 Å². The lowest BCUT2D eigenvalue weighted by Gasteiger charge is -2.20. The van der Waals surface area contributed by atoms with Gasteiger partial charge in [0.15, 0.2) is 11.2 Å². The first-order valence-electron chi connectivity index (χ1n) is 8.07. The van der Waals surface area contributed by atoms with E-state index in [1.807, 2.05) is 6.92 Å². The van der Waals surface area contributed by atoms with Crippen LogP contribution in [0.2, 0.25) is 0 Å². The van der Waals surface area contributed by atoms with Crippen molar-refractivity contribution in [2.24, 2.45) is 0 Å². The summed E-state index contributed by atoms with van der Waals surface area (Å²) < 4.78 is 5.34. The van der Waals surface area contributed by atoms with Gasteiger partial charge in [0.25, 0.3) is 5.91 Å². The molecule has 2 aromatic rings. The third-order valence-electron chi connectivity index (χ3n) is 4.33. The zero-order valence-electron chi connectivity index (χ0n) is 13.5. The fourth-order valence-corrected chi connectivity index (χ4v) is 3.09. The summed E-state index contributed by atoms with van der Waals surface area (Å²) >= 11 is 0. The largest absolute Gasteiger partial charge is 0.456 e. The molecule has 4 heteroatoms. The van der Waals surface area contributed by atoms with E-state index >= 15 is 0 Å². The molecule has 1 aliphatic rings. The Morgan fingerprint density at radius 3 is 2.61 bits per heavy atom. The Kier molecular flexibility index (Phi) is 4.33. The molecule has 120 valence electrons. The number of benzene rings is 1. The minimum atomic E-state index is -0.365. The van der Waals surface area contributed by atoms with Gasteiger partial charge in [0, 0.05) is 12.1 Å². The van der Waals surface area contributed by atoms with Gasteiger partial charge in [-0.15, -0.1) is 0 Å². The quantitative estimate of drug-likeness (QED) is 0.946. The van der Waals surface area contributed by atoms with E-state index in [2.05, 4.69) is 23.5 Å². The number of carbonyl (C=O) groups is 1. The lowest BCUT2D eigenvalue weighted by Crippen LogP contribution is -2.27. The van der Waals surface area contributed by atoms with Crippen molar-refractivity contribution in [1.29, 1.82) is 0 Å². The van der Waals surface area contributed by atoms with Gasteiger partial charge in [0.2, 0.25) is 0 Å². The van der Waals surface area contributed by atoms with Gasteiger partial charge >= 0.3 is 0 Å². The number of amides is 1. The monoisotopic (exact) mass is 311 g/mol. The summed E-state index contributed by atoms with van der Waals surface area (Å²) in [5.74, 6) is 0.125. The van der Waals surface area contributed by atoms with Crippen LogP contribution in [0, 0.1) is 6.92 Å². The number of aryl methyl sites for hydroxylation is 3. The van der Waals surface area contributed by atoms with Crippen LogP contribution in [0.4, 0.5) is 0 Å². The first-order valence-corrected chi connectivity index (χ1v) is 8.07. The maximum atomic E-state index is 12.3. The van der Waals surface area contributed by atoms with Crippen LogP contribution in [-0.4, -0.2) is 5.91 Å². The fraction of sp³-hybridized carbons (Fsp3) is 0.368. The maximum Gasteiger partial charge on any atom is 0.287 e. The minimum Gasteiger partial charge on any atom is -0.456 e. The molecule has 0 aliphatic heterocycles. The molecule has 4 nitrogen and oxygen atoms in total. The van der Waals surface area contributed by atoms with Crippen molar-refractivity contribution >= 4 is 5.91 Å². The van der Waals surface area contributed by atoms with Crippen molar-refractivity contribution in [2.45, 2.75) is 45.6 Å². The van der Waals surface area contributed by atoms with Crippen molar-refractivity contribution in [3.05, 3.63) is 68.8 Å². The third kappa shape index (κ3) is 3.52. The number of fused-ring (bicyclic) bond motifs is 1. The van der Waals surface area contributed by atoms with Crippen molar-refractivity contribution in [3.63, 3.8) is 0 Å². The Balaban J connectivity index is 1.77. The number of hydrogen-bond donors (Lipinski definition) is 1. The van der Waals surface area contributed by atoms with Gasteiger partial charge in [-0.25, -0.2) is 0 Å². The van der Waals surface area contributed by atoms with Gasteiger partial charge in [-0.3, -0.25) is 9.59 Å². The Hall–Kier alpha value is -2.36. The number of hydrogen-bond acceptors (Lipinski definition) is 3. The second-order valence-electron chi connectivity index (χ2n) is 6.20. The summed E-state index contributed by atoms with van der Waals surface area (Å²) in [5.41, 5.74) is 3.66. The van der Waals surface area contributed by atoms with Crippen LogP contribution in [0.15, 0.2) is 39.5 Å². The molecule has 1 aliphatic carbocycles. The Bertz CT molecular complexity index is 791. The predicted octanol–water partition coefficient (Wildman–Crippen LogP) is 3.32. The van der Waals surface area contributed by atoms with Crippen LogP contribution < -0.4 is 10.7 Å². The van der Waals surface area contributed by atoms with E-state index in [9.17, 15) is 9.59 Å². The van der Waals surface area contributed by atoms with E-state index in [0.29, 0.717) is 5.76 Å². The molecule has 0 saturated heterocycles. The van der Waals surface area contributed by atoms with Crippen LogP contribution in [0.25, 0.3) is 0 Å². The van der Waals surface area contributed by atoms with E-state index in [-0.39, 0.29) is 23.1 Å². The molecule has 1 aromatic heterocycles. The van der Waals surface area contributed by atoms with Gasteiger partial charge < -0.3 is 9.73 Å². The Labute approximate surface area is 135 Å². The second kappa shape index (κ2) is 6.41. The minimum absolute atomic E-state index is 0.0554. The topological polar surface area (TPSA) is 59.3 Å². The summed E-state index contributed by atoms with van der Waals surface area (Å²) in [6.07, 6.45) is 4.73.